The number of fused-ring (bicyclic) bond motifs is 3. The number of hydrogen-bond acceptors (Lipinski definition) is 4. The maximum absolute atomic E-state index is 11.7. The molecule has 4 fully saturated rings. The Bertz CT molecular complexity index is 966. The minimum Gasteiger partial charge on any atom is -0.493 e. The van der Waals surface area contributed by atoms with Gasteiger partial charge >= 0.3 is 5.97 Å². The minimum atomic E-state index is -0.936. The standard InChI is InChI=1S/C31H46O5/c1-20-10-11-22(27(32)33)23(18-20)34-17-14-24-29(2,3)15-12-25-30(24,4)16-13-26-31(25,5)19-35-28(36-26)21-8-6-7-9-21/h10-11,18,21,24-26,28H,6-9,12-17,19H2,1-5H3,(H,32,33)/t24-,25?,26-,28-,30+,31+/m1/s1. The molecule has 5 rings (SSSR count). The Hall–Kier alpha value is -1.59. The van der Waals surface area contributed by atoms with Crippen molar-refractivity contribution < 1.29 is 24.1 Å². The van der Waals surface area contributed by atoms with E-state index >= 15 is 0 Å². The van der Waals surface area contributed by atoms with Crippen LogP contribution < -0.4 is 4.74 Å². The van der Waals surface area contributed by atoms with Crippen LogP contribution in [0.1, 0.15) is 101 Å². The molecule has 0 bridgehead atoms. The van der Waals surface area contributed by atoms with Crippen molar-refractivity contribution in [2.75, 3.05) is 13.2 Å². The van der Waals surface area contributed by atoms with E-state index in [1.165, 1.54) is 44.9 Å². The Morgan fingerprint density at radius 3 is 2.53 bits per heavy atom. The summed E-state index contributed by atoms with van der Waals surface area (Å²) in [5, 5.41) is 9.61. The van der Waals surface area contributed by atoms with Crippen molar-refractivity contribution in [1.29, 1.82) is 0 Å². The fourth-order valence-corrected chi connectivity index (χ4v) is 8.87. The number of aryl methyl sites for hydroxylation is 1. The van der Waals surface area contributed by atoms with Gasteiger partial charge in [0.15, 0.2) is 6.29 Å². The van der Waals surface area contributed by atoms with Crippen LogP contribution in [-0.4, -0.2) is 36.7 Å². The van der Waals surface area contributed by atoms with Crippen molar-refractivity contribution in [3.63, 3.8) is 0 Å². The molecule has 0 spiro atoms. The molecule has 1 N–H and O–H groups in total. The summed E-state index contributed by atoms with van der Waals surface area (Å²) >= 11 is 0. The normalized spacial score (nSPS) is 38.2. The van der Waals surface area contributed by atoms with E-state index in [1.807, 2.05) is 19.1 Å². The number of ether oxygens (including phenoxy) is 3. The number of rotatable bonds is 6. The second-order valence-corrected chi connectivity index (χ2v) is 13.5. The van der Waals surface area contributed by atoms with Crippen LogP contribution in [0.3, 0.4) is 0 Å². The van der Waals surface area contributed by atoms with Crippen LogP contribution in [0, 0.1) is 40.9 Å². The Balaban J connectivity index is 1.32. The molecular weight excluding hydrogens is 452 g/mol. The number of carboxylic acids is 1. The van der Waals surface area contributed by atoms with E-state index in [0.29, 0.717) is 36.2 Å². The van der Waals surface area contributed by atoms with Crippen molar-refractivity contribution in [3.05, 3.63) is 29.3 Å². The maximum atomic E-state index is 11.7. The molecule has 200 valence electrons. The molecule has 5 heteroatoms. The van der Waals surface area contributed by atoms with Crippen LogP contribution in [-0.2, 0) is 9.47 Å². The molecule has 3 aliphatic carbocycles. The first kappa shape index (κ1) is 26.0. The van der Waals surface area contributed by atoms with Gasteiger partial charge in [0.2, 0.25) is 0 Å². The lowest BCUT2D eigenvalue weighted by Crippen LogP contribution is -2.63. The molecule has 1 aliphatic heterocycles. The monoisotopic (exact) mass is 498 g/mol. The third kappa shape index (κ3) is 4.49. The molecule has 36 heavy (non-hydrogen) atoms. The van der Waals surface area contributed by atoms with E-state index in [4.69, 9.17) is 14.2 Å². The molecule has 0 aromatic heterocycles. The van der Waals surface area contributed by atoms with Crippen molar-refractivity contribution in [2.24, 2.45) is 34.0 Å². The first-order chi connectivity index (χ1) is 17.0. The van der Waals surface area contributed by atoms with Gasteiger partial charge in [-0.3, -0.25) is 0 Å². The fourth-order valence-electron chi connectivity index (χ4n) is 8.87. The zero-order valence-corrected chi connectivity index (χ0v) is 23.0. The topological polar surface area (TPSA) is 65.0 Å². The molecule has 1 aromatic rings. The van der Waals surface area contributed by atoms with Crippen molar-refractivity contribution in [1.82, 2.24) is 0 Å². The highest BCUT2D eigenvalue weighted by atomic mass is 16.7. The second kappa shape index (κ2) is 9.62. The largest absolute Gasteiger partial charge is 0.493 e. The predicted octanol–water partition coefficient (Wildman–Crippen LogP) is 7.25. The number of aromatic carboxylic acids is 1. The average Bonchev–Trinajstić information content (AvgIpc) is 3.35. The quantitative estimate of drug-likeness (QED) is 0.447. The zero-order valence-electron chi connectivity index (χ0n) is 23.0. The molecule has 6 atom stereocenters. The number of benzene rings is 1. The van der Waals surface area contributed by atoms with Gasteiger partial charge in [0.05, 0.1) is 19.3 Å². The molecular formula is C31H46O5. The van der Waals surface area contributed by atoms with Gasteiger partial charge in [-0.15, -0.1) is 0 Å². The number of carboxylic acid groups (broad SMARTS) is 1. The smallest absolute Gasteiger partial charge is 0.339 e. The number of carbonyl (C=O) groups is 1. The molecule has 1 aromatic carbocycles. The number of hydrogen-bond donors (Lipinski definition) is 1. The van der Waals surface area contributed by atoms with Gasteiger partial charge < -0.3 is 19.3 Å². The lowest BCUT2D eigenvalue weighted by Gasteiger charge is -2.65. The highest BCUT2D eigenvalue weighted by molar-refractivity contribution is 5.90. The Kier molecular flexibility index (Phi) is 6.95. The maximum Gasteiger partial charge on any atom is 0.339 e. The summed E-state index contributed by atoms with van der Waals surface area (Å²) in [6.07, 6.45) is 11.0. The first-order valence-corrected chi connectivity index (χ1v) is 14.3. The molecule has 0 radical (unpaired) electrons. The van der Waals surface area contributed by atoms with Crippen LogP contribution in [0.25, 0.3) is 0 Å². The van der Waals surface area contributed by atoms with E-state index in [1.54, 1.807) is 6.07 Å². The van der Waals surface area contributed by atoms with Crippen molar-refractivity contribution in [2.45, 2.75) is 105 Å². The van der Waals surface area contributed by atoms with Crippen LogP contribution in [0.2, 0.25) is 0 Å². The summed E-state index contributed by atoms with van der Waals surface area (Å²) in [6.45, 7) is 13.1. The molecule has 1 unspecified atom stereocenters. The average molecular weight is 499 g/mol. The highest BCUT2D eigenvalue weighted by Crippen LogP contribution is 2.66. The van der Waals surface area contributed by atoms with E-state index < -0.39 is 5.97 Å². The summed E-state index contributed by atoms with van der Waals surface area (Å²) in [5.74, 6) is 1.18. The van der Waals surface area contributed by atoms with Gasteiger partial charge in [-0.25, -0.2) is 4.79 Å². The lowest BCUT2D eigenvalue weighted by molar-refractivity contribution is -0.322. The van der Waals surface area contributed by atoms with Crippen LogP contribution in [0.15, 0.2) is 18.2 Å². The van der Waals surface area contributed by atoms with Crippen LogP contribution in [0.5, 0.6) is 5.75 Å². The molecule has 4 aliphatic rings. The van der Waals surface area contributed by atoms with Gasteiger partial charge in [0.1, 0.15) is 11.3 Å². The van der Waals surface area contributed by atoms with Gasteiger partial charge in [-0.2, -0.15) is 0 Å². The first-order valence-electron chi connectivity index (χ1n) is 14.3. The summed E-state index contributed by atoms with van der Waals surface area (Å²) < 4.78 is 19.4. The molecule has 1 heterocycles. The van der Waals surface area contributed by atoms with Crippen molar-refractivity contribution in [3.8, 4) is 5.75 Å². The van der Waals surface area contributed by atoms with E-state index in [-0.39, 0.29) is 28.1 Å². The van der Waals surface area contributed by atoms with Crippen LogP contribution >= 0.6 is 0 Å². The molecule has 1 saturated heterocycles. The van der Waals surface area contributed by atoms with Gasteiger partial charge in [0, 0.05) is 11.3 Å². The van der Waals surface area contributed by atoms with Crippen LogP contribution in [0.4, 0.5) is 0 Å². The second-order valence-electron chi connectivity index (χ2n) is 13.5. The summed E-state index contributed by atoms with van der Waals surface area (Å²) in [7, 11) is 0. The van der Waals surface area contributed by atoms with Gasteiger partial charge in [-0.05, 0) is 92.2 Å². The zero-order chi connectivity index (χ0) is 25.7. The van der Waals surface area contributed by atoms with E-state index in [2.05, 4.69) is 27.7 Å². The van der Waals surface area contributed by atoms with Crippen molar-refractivity contribution >= 4 is 5.97 Å². The Morgan fingerprint density at radius 2 is 1.81 bits per heavy atom. The molecule has 5 nitrogen and oxygen atoms in total. The lowest BCUT2D eigenvalue weighted by atomic mass is 9.42. The Labute approximate surface area is 217 Å². The highest BCUT2D eigenvalue weighted by Gasteiger charge is 2.62. The molecule has 0 amide bonds. The fraction of sp³-hybridized carbons (Fsp3) is 0.774. The predicted molar refractivity (Wildman–Crippen MR) is 140 cm³/mol. The SMILES string of the molecule is Cc1ccc(C(=O)O)c(OCC[C@@H]2C(C)(C)CCC3[C@]4(C)CO[C@@H](C5CCCC5)O[C@@H]4CC[C@]32C)c1. The summed E-state index contributed by atoms with van der Waals surface area (Å²) in [5.41, 5.74) is 1.70. The summed E-state index contributed by atoms with van der Waals surface area (Å²) in [4.78, 5) is 11.7. The third-order valence-corrected chi connectivity index (χ3v) is 10.8. The van der Waals surface area contributed by atoms with E-state index in [0.717, 1.165) is 25.0 Å². The third-order valence-electron chi connectivity index (χ3n) is 10.8. The van der Waals surface area contributed by atoms with E-state index in [9.17, 15) is 9.90 Å². The molecule has 3 saturated carbocycles. The minimum absolute atomic E-state index is 0.00285. The Morgan fingerprint density at radius 1 is 1.06 bits per heavy atom. The summed E-state index contributed by atoms with van der Waals surface area (Å²) in [6, 6.07) is 5.33. The van der Waals surface area contributed by atoms with Gasteiger partial charge in [-0.1, -0.05) is 46.6 Å². The van der Waals surface area contributed by atoms with Gasteiger partial charge in [0.25, 0.3) is 0 Å².